The van der Waals surface area contributed by atoms with Crippen molar-refractivity contribution in [2.75, 3.05) is 31.1 Å². The maximum absolute atomic E-state index is 12.9. The van der Waals surface area contributed by atoms with Crippen LogP contribution in [-0.4, -0.2) is 53.0 Å². The molecule has 0 saturated carbocycles. The second-order valence-corrected chi connectivity index (χ2v) is 6.64. The van der Waals surface area contributed by atoms with E-state index < -0.39 is 0 Å². The monoisotopic (exact) mass is 377 g/mol. The Morgan fingerprint density at radius 2 is 1.96 bits per heavy atom. The molecule has 8 heteroatoms. The highest BCUT2D eigenvalue weighted by atomic mass is 35.5. The minimum atomic E-state index is -0.282. The van der Waals surface area contributed by atoms with Crippen LogP contribution in [0.5, 0.6) is 0 Å². The summed E-state index contributed by atoms with van der Waals surface area (Å²) in [5.74, 6) is 0.410. The van der Waals surface area contributed by atoms with Gasteiger partial charge in [-0.2, -0.15) is 0 Å². The number of hydrogen-bond donors (Lipinski definition) is 1. The van der Waals surface area contributed by atoms with E-state index in [2.05, 4.69) is 25.1 Å². The number of halogens is 2. The van der Waals surface area contributed by atoms with Gasteiger partial charge < -0.3 is 10.2 Å². The number of rotatable bonds is 5. The number of nitrogens with zero attached hydrogens (tertiary/aromatic N) is 4. The van der Waals surface area contributed by atoms with E-state index in [-0.39, 0.29) is 17.8 Å². The summed E-state index contributed by atoms with van der Waals surface area (Å²) < 4.78 is 12.9. The molecule has 1 aliphatic heterocycles. The molecule has 0 aliphatic carbocycles. The van der Waals surface area contributed by atoms with Gasteiger partial charge in [-0.05, 0) is 24.6 Å². The van der Waals surface area contributed by atoms with Crippen molar-refractivity contribution in [3.8, 4) is 0 Å². The Morgan fingerprint density at radius 3 is 2.62 bits per heavy atom. The van der Waals surface area contributed by atoms with Crippen LogP contribution in [0.3, 0.4) is 0 Å². The zero-order chi connectivity index (χ0) is 18.5. The number of amides is 1. The zero-order valence-electron chi connectivity index (χ0n) is 14.5. The van der Waals surface area contributed by atoms with Crippen LogP contribution in [0.15, 0.2) is 36.8 Å². The topological polar surface area (TPSA) is 61.4 Å². The molecule has 0 radical (unpaired) electrons. The van der Waals surface area contributed by atoms with Crippen LogP contribution in [0, 0.1) is 5.82 Å². The molecule has 3 rings (SSSR count). The summed E-state index contributed by atoms with van der Waals surface area (Å²) in [6, 6.07) is 5.89. The van der Waals surface area contributed by atoms with Crippen molar-refractivity contribution in [3.63, 3.8) is 0 Å². The van der Waals surface area contributed by atoms with Gasteiger partial charge in [0.2, 0.25) is 5.91 Å². The summed E-state index contributed by atoms with van der Waals surface area (Å²) in [5, 5.41) is 3.44. The minimum Gasteiger partial charge on any atom is -0.353 e. The smallest absolute Gasteiger partial charge is 0.237 e. The minimum absolute atomic E-state index is 0.0390. The Kier molecular flexibility index (Phi) is 6.00. The number of carbonyl (C=O) groups excluding carboxylic acids is 1. The summed E-state index contributed by atoms with van der Waals surface area (Å²) >= 11 is 6.15. The average molecular weight is 378 g/mol. The fraction of sp³-hybridized carbons (Fsp3) is 0.389. The second kappa shape index (κ2) is 8.42. The van der Waals surface area contributed by atoms with Crippen molar-refractivity contribution in [1.29, 1.82) is 0 Å². The van der Waals surface area contributed by atoms with Gasteiger partial charge in [0.05, 0.1) is 12.2 Å². The van der Waals surface area contributed by atoms with Crippen LogP contribution >= 0.6 is 11.6 Å². The number of aromatic nitrogens is 2. The number of anilines is 1. The molecule has 1 aromatic heterocycles. The average Bonchev–Trinajstić information content (AvgIpc) is 2.67. The van der Waals surface area contributed by atoms with Gasteiger partial charge in [-0.15, -0.1) is 0 Å². The van der Waals surface area contributed by atoms with Gasteiger partial charge in [0, 0.05) is 32.7 Å². The van der Waals surface area contributed by atoms with Gasteiger partial charge in [0.1, 0.15) is 17.2 Å². The summed E-state index contributed by atoms with van der Waals surface area (Å²) in [5.41, 5.74) is 0.871. The number of hydrogen-bond acceptors (Lipinski definition) is 5. The first kappa shape index (κ1) is 18.5. The van der Waals surface area contributed by atoms with Crippen LogP contribution in [0.4, 0.5) is 10.2 Å². The fourth-order valence-corrected chi connectivity index (χ4v) is 3.19. The molecular formula is C18H21ClFN5O. The van der Waals surface area contributed by atoms with Gasteiger partial charge >= 0.3 is 0 Å². The highest BCUT2D eigenvalue weighted by Gasteiger charge is 2.26. The normalized spacial score (nSPS) is 16.3. The summed E-state index contributed by atoms with van der Waals surface area (Å²) in [6.07, 6.45) is 3.07. The lowest BCUT2D eigenvalue weighted by Gasteiger charge is -2.38. The predicted molar refractivity (Wildman–Crippen MR) is 98.5 cm³/mol. The summed E-state index contributed by atoms with van der Waals surface area (Å²) in [4.78, 5) is 24.8. The highest BCUT2D eigenvalue weighted by Crippen LogP contribution is 2.22. The Hall–Kier alpha value is -2.25. The number of nitrogens with one attached hydrogen (secondary N) is 1. The van der Waals surface area contributed by atoms with E-state index in [4.69, 9.17) is 11.6 Å². The molecule has 1 atom stereocenters. The van der Waals surface area contributed by atoms with Crippen molar-refractivity contribution in [3.05, 3.63) is 53.2 Å². The maximum Gasteiger partial charge on any atom is 0.237 e. The molecular weight excluding hydrogens is 357 g/mol. The standard InChI is InChI=1S/C18H21ClFN5O/c1-13(18(26)22-10-14-2-4-15(20)5-3-14)24-6-8-25(9-7-24)17-16(19)11-21-12-23-17/h2-5,11-13H,6-10H2,1H3,(H,22,26)/t13-/m0/s1. The first-order valence-corrected chi connectivity index (χ1v) is 8.89. The number of benzene rings is 1. The van der Waals surface area contributed by atoms with Gasteiger partial charge in [-0.3, -0.25) is 9.69 Å². The Morgan fingerprint density at radius 1 is 1.27 bits per heavy atom. The SMILES string of the molecule is C[C@@H](C(=O)NCc1ccc(F)cc1)N1CCN(c2ncncc2Cl)CC1. The van der Waals surface area contributed by atoms with E-state index in [0.29, 0.717) is 11.6 Å². The van der Waals surface area contributed by atoms with Gasteiger partial charge in [0.25, 0.3) is 0 Å². The molecule has 6 nitrogen and oxygen atoms in total. The number of carbonyl (C=O) groups is 1. The fourth-order valence-electron chi connectivity index (χ4n) is 2.96. The van der Waals surface area contributed by atoms with E-state index in [1.165, 1.54) is 18.5 Å². The molecule has 1 saturated heterocycles. The predicted octanol–water partition coefficient (Wildman–Crippen LogP) is 2.10. The van der Waals surface area contributed by atoms with E-state index in [1.54, 1.807) is 18.3 Å². The molecule has 1 N–H and O–H groups in total. The molecule has 1 amide bonds. The lowest BCUT2D eigenvalue weighted by Crippen LogP contribution is -2.54. The molecule has 138 valence electrons. The third-order valence-corrected chi connectivity index (χ3v) is 4.84. The molecule has 1 aromatic carbocycles. The number of piperazine rings is 1. The maximum atomic E-state index is 12.9. The molecule has 26 heavy (non-hydrogen) atoms. The van der Waals surface area contributed by atoms with Crippen molar-refractivity contribution in [2.45, 2.75) is 19.5 Å². The first-order chi connectivity index (χ1) is 12.5. The quantitative estimate of drug-likeness (QED) is 0.864. The van der Waals surface area contributed by atoms with Gasteiger partial charge in [0.15, 0.2) is 5.82 Å². The van der Waals surface area contributed by atoms with Crippen molar-refractivity contribution in [2.24, 2.45) is 0 Å². The Balaban J connectivity index is 1.49. The zero-order valence-corrected chi connectivity index (χ0v) is 15.3. The first-order valence-electron chi connectivity index (χ1n) is 8.51. The second-order valence-electron chi connectivity index (χ2n) is 6.24. The third-order valence-electron chi connectivity index (χ3n) is 4.57. The van der Waals surface area contributed by atoms with Crippen LogP contribution < -0.4 is 10.2 Å². The summed E-state index contributed by atoms with van der Waals surface area (Å²) in [6.45, 7) is 5.25. The lowest BCUT2D eigenvalue weighted by molar-refractivity contribution is -0.126. The molecule has 0 bridgehead atoms. The van der Waals surface area contributed by atoms with Gasteiger partial charge in [-0.25, -0.2) is 14.4 Å². The molecule has 0 spiro atoms. The Labute approximate surface area is 157 Å². The summed E-state index contributed by atoms with van der Waals surface area (Å²) in [7, 11) is 0. The highest BCUT2D eigenvalue weighted by molar-refractivity contribution is 6.32. The molecule has 1 fully saturated rings. The van der Waals surface area contributed by atoms with E-state index in [1.807, 2.05) is 6.92 Å². The molecule has 0 unspecified atom stereocenters. The third kappa shape index (κ3) is 4.47. The van der Waals surface area contributed by atoms with Crippen LogP contribution in [0.2, 0.25) is 5.02 Å². The van der Waals surface area contributed by atoms with Gasteiger partial charge in [-0.1, -0.05) is 23.7 Å². The van der Waals surface area contributed by atoms with E-state index in [9.17, 15) is 9.18 Å². The lowest BCUT2D eigenvalue weighted by atomic mass is 10.2. The Bertz CT molecular complexity index is 750. The van der Waals surface area contributed by atoms with Crippen molar-refractivity contribution in [1.82, 2.24) is 20.2 Å². The van der Waals surface area contributed by atoms with E-state index >= 15 is 0 Å². The molecule has 2 heterocycles. The van der Waals surface area contributed by atoms with Crippen molar-refractivity contribution < 1.29 is 9.18 Å². The van der Waals surface area contributed by atoms with E-state index in [0.717, 1.165) is 37.6 Å². The molecule has 1 aliphatic rings. The molecule has 2 aromatic rings. The largest absolute Gasteiger partial charge is 0.353 e. The van der Waals surface area contributed by atoms with Crippen LogP contribution in [0.1, 0.15) is 12.5 Å². The van der Waals surface area contributed by atoms with Crippen LogP contribution in [-0.2, 0) is 11.3 Å². The van der Waals surface area contributed by atoms with Crippen LogP contribution in [0.25, 0.3) is 0 Å². The van der Waals surface area contributed by atoms with Crippen molar-refractivity contribution >= 4 is 23.3 Å².